The number of hydrogen-bond acceptors (Lipinski definition) is 11. The molecule has 4 rings (SSSR count). The topological polar surface area (TPSA) is 141 Å². The van der Waals surface area contributed by atoms with Crippen molar-refractivity contribution in [2.75, 3.05) is 19.8 Å². The van der Waals surface area contributed by atoms with Crippen molar-refractivity contribution in [2.45, 2.75) is 98.1 Å². The molecule has 11 heteroatoms. The van der Waals surface area contributed by atoms with E-state index >= 15 is 0 Å². The SMILES string of the molecule is C/C=C(\C)C(=O)OC[C@]12OC[C@@]13C(OC(C)=O)C[C@H](C)[C@@](C)(CCC1=CC(=O)OC1)[C@@H]3C(OC(C)=O)CC2OC(C)=O. The van der Waals surface area contributed by atoms with Gasteiger partial charge in [-0.15, -0.1) is 0 Å². The summed E-state index contributed by atoms with van der Waals surface area (Å²) in [6.07, 6.45) is 2.49. The maximum absolute atomic E-state index is 12.8. The first kappa shape index (κ1) is 31.7. The zero-order chi connectivity index (χ0) is 31.0. The molecule has 1 saturated heterocycles. The van der Waals surface area contributed by atoms with Gasteiger partial charge in [0.2, 0.25) is 0 Å². The predicted octanol–water partition coefficient (Wildman–Crippen LogP) is 3.38. The summed E-state index contributed by atoms with van der Waals surface area (Å²) in [6, 6.07) is 0. The Hall–Kier alpha value is -3.21. The van der Waals surface area contributed by atoms with Crippen LogP contribution in [0.3, 0.4) is 0 Å². The van der Waals surface area contributed by atoms with Crippen molar-refractivity contribution in [2.24, 2.45) is 22.7 Å². The lowest BCUT2D eigenvalue weighted by atomic mass is 9.38. The smallest absolute Gasteiger partial charge is 0.333 e. The number of allylic oxidation sites excluding steroid dienone is 1. The molecule has 0 radical (unpaired) electrons. The summed E-state index contributed by atoms with van der Waals surface area (Å²) in [5.41, 5.74) is -1.65. The van der Waals surface area contributed by atoms with E-state index in [1.165, 1.54) is 26.8 Å². The van der Waals surface area contributed by atoms with Gasteiger partial charge in [0.05, 0.1) is 12.0 Å². The first-order chi connectivity index (χ1) is 19.7. The first-order valence-corrected chi connectivity index (χ1v) is 14.5. The van der Waals surface area contributed by atoms with E-state index in [1.54, 1.807) is 19.9 Å². The van der Waals surface area contributed by atoms with Gasteiger partial charge in [-0.2, -0.15) is 0 Å². The van der Waals surface area contributed by atoms with Crippen LogP contribution in [0, 0.1) is 22.7 Å². The summed E-state index contributed by atoms with van der Waals surface area (Å²) in [5.74, 6) is -2.95. The second kappa shape index (κ2) is 11.8. The monoisotopic (exact) mass is 590 g/mol. The second-order valence-corrected chi connectivity index (χ2v) is 12.4. The summed E-state index contributed by atoms with van der Waals surface area (Å²) >= 11 is 0. The molecule has 0 N–H and O–H groups in total. The Morgan fingerprint density at radius 2 is 1.64 bits per heavy atom. The van der Waals surface area contributed by atoms with E-state index in [0.717, 1.165) is 5.57 Å². The van der Waals surface area contributed by atoms with Crippen LogP contribution in [-0.4, -0.2) is 73.6 Å². The standard InChI is InChI=1S/C31H42O11/c1-8-17(2)28(36)38-16-31-25(42-21(6)34)13-23(40-19(4)32)27-29(7,10-9-22-12-26(35)37-14-22)18(3)11-24(41-20(5)33)30(27,31)15-39-31/h8,12,18,23-25,27H,9-11,13-16H2,1-7H3/b17-8+/t18-,23?,24?,25?,27-,29+,30-,31+/m0/s1. The number of cyclic esters (lactones) is 1. The largest absolute Gasteiger partial charge is 0.462 e. The fraction of sp³-hybridized carbons (Fsp3) is 0.710. The minimum Gasteiger partial charge on any atom is -0.462 e. The van der Waals surface area contributed by atoms with E-state index in [2.05, 4.69) is 13.8 Å². The Labute approximate surface area is 246 Å². The number of esters is 5. The number of rotatable bonds is 9. The Bertz CT molecular complexity index is 1200. The average molecular weight is 591 g/mol. The molecule has 2 aliphatic carbocycles. The third-order valence-electron chi connectivity index (χ3n) is 10.0. The number of ether oxygens (including phenoxy) is 6. The molecule has 0 aromatic heterocycles. The van der Waals surface area contributed by atoms with E-state index < -0.39 is 64.5 Å². The lowest BCUT2D eigenvalue weighted by Crippen LogP contribution is -2.85. The molecule has 11 nitrogen and oxygen atoms in total. The molecule has 232 valence electrons. The molecular formula is C31H42O11. The average Bonchev–Trinajstić information content (AvgIpc) is 3.31. The Morgan fingerprint density at radius 3 is 2.17 bits per heavy atom. The van der Waals surface area contributed by atoms with Crippen molar-refractivity contribution >= 4 is 29.8 Å². The quantitative estimate of drug-likeness (QED) is 0.222. The molecule has 0 bridgehead atoms. The molecule has 42 heavy (non-hydrogen) atoms. The molecule has 0 aromatic rings. The van der Waals surface area contributed by atoms with Crippen LogP contribution >= 0.6 is 0 Å². The van der Waals surface area contributed by atoms with Gasteiger partial charge < -0.3 is 28.4 Å². The van der Waals surface area contributed by atoms with Crippen LogP contribution in [0.5, 0.6) is 0 Å². The van der Waals surface area contributed by atoms with Crippen molar-refractivity contribution in [3.05, 3.63) is 23.3 Å². The lowest BCUT2D eigenvalue weighted by molar-refractivity contribution is -0.413. The Morgan fingerprint density at radius 1 is 1.00 bits per heavy atom. The molecule has 0 aromatic carbocycles. The molecule has 8 atom stereocenters. The van der Waals surface area contributed by atoms with E-state index in [-0.39, 0.29) is 38.1 Å². The summed E-state index contributed by atoms with van der Waals surface area (Å²) in [7, 11) is 0. The highest BCUT2D eigenvalue weighted by Gasteiger charge is 2.81. The van der Waals surface area contributed by atoms with Gasteiger partial charge in [-0.05, 0) is 50.0 Å². The number of hydrogen-bond donors (Lipinski definition) is 0. The van der Waals surface area contributed by atoms with E-state index in [4.69, 9.17) is 28.4 Å². The zero-order valence-electron chi connectivity index (χ0n) is 25.5. The molecule has 3 fully saturated rings. The maximum Gasteiger partial charge on any atom is 0.333 e. The highest BCUT2D eigenvalue weighted by atomic mass is 16.6. The molecule has 2 aliphatic heterocycles. The molecule has 1 spiro atoms. The van der Waals surface area contributed by atoms with Gasteiger partial charge in [-0.1, -0.05) is 19.9 Å². The van der Waals surface area contributed by atoms with Crippen LogP contribution in [0.1, 0.15) is 74.1 Å². The molecule has 2 saturated carbocycles. The fourth-order valence-electron chi connectivity index (χ4n) is 7.81. The third kappa shape index (κ3) is 5.36. The summed E-state index contributed by atoms with van der Waals surface area (Å²) < 4.78 is 35.1. The van der Waals surface area contributed by atoms with E-state index in [1.807, 2.05) is 0 Å². The van der Waals surface area contributed by atoms with Gasteiger partial charge in [-0.25, -0.2) is 9.59 Å². The van der Waals surface area contributed by atoms with Crippen LogP contribution in [0.2, 0.25) is 0 Å². The van der Waals surface area contributed by atoms with Gasteiger partial charge in [0, 0.05) is 44.8 Å². The molecule has 3 unspecified atom stereocenters. The molecule has 4 aliphatic rings. The summed E-state index contributed by atoms with van der Waals surface area (Å²) in [6.45, 7) is 11.6. The molecular weight excluding hydrogens is 548 g/mol. The van der Waals surface area contributed by atoms with Gasteiger partial charge in [-0.3, -0.25) is 14.4 Å². The summed E-state index contributed by atoms with van der Waals surface area (Å²) in [4.78, 5) is 62.0. The normalized spacial score (nSPS) is 37.2. The minimum atomic E-state index is -1.36. The maximum atomic E-state index is 12.8. The fourth-order valence-corrected chi connectivity index (χ4v) is 7.81. The highest BCUT2D eigenvalue weighted by Crippen LogP contribution is 2.71. The van der Waals surface area contributed by atoms with Gasteiger partial charge in [0.15, 0.2) is 5.60 Å². The van der Waals surface area contributed by atoms with Gasteiger partial charge in [0.25, 0.3) is 0 Å². The zero-order valence-corrected chi connectivity index (χ0v) is 25.5. The van der Waals surface area contributed by atoms with E-state index in [0.29, 0.717) is 24.8 Å². The van der Waals surface area contributed by atoms with Gasteiger partial charge >= 0.3 is 29.8 Å². The summed E-state index contributed by atoms with van der Waals surface area (Å²) in [5, 5.41) is 0. The van der Waals surface area contributed by atoms with Crippen molar-refractivity contribution in [1.29, 1.82) is 0 Å². The van der Waals surface area contributed by atoms with Crippen LogP contribution < -0.4 is 0 Å². The van der Waals surface area contributed by atoms with Crippen LogP contribution in [0.15, 0.2) is 23.3 Å². The molecule has 0 amide bonds. The van der Waals surface area contributed by atoms with Crippen LogP contribution in [0.25, 0.3) is 0 Å². The Kier molecular flexibility index (Phi) is 8.92. The first-order valence-electron chi connectivity index (χ1n) is 14.5. The van der Waals surface area contributed by atoms with Gasteiger partial charge in [0.1, 0.15) is 31.5 Å². The van der Waals surface area contributed by atoms with E-state index in [9.17, 15) is 24.0 Å². The van der Waals surface area contributed by atoms with Crippen LogP contribution in [0.4, 0.5) is 0 Å². The van der Waals surface area contributed by atoms with Crippen molar-refractivity contribution in [3.8, 4) is 0 Å². The minimum absolute atomic E-state index is 0.0226. The second-order valence-electron chi connectivity index (χ2n) is 12.4. The number of carbonyl (C=O) groups is 5. The van der Waals surface area contributed by atoms with Crippen molar-refractivity contribution < 1.29 is 52.4 Å². The molecule has 2 heterocycles. The third-order valence-corrected chi connectivity index (χ3v) is 10.0. The Balaban J connectivity index is 1.87. The van der Waals surface area contributed by atoms with Crippen molar-refractivity contribution in [3.63, 3.8) is 0 Å². The lowest BCUT2D eigenvalue weighted by Gasteiger charge is -2.74. The number of carbonyl (C=O) groups excluding carboxylic acids is 5. The van der Waals surface area contributed by atoms with Crippen LogP contribution in [-0.2, 0) is 52.4 Å². The predicted molar refractivity (Wildman–Crippen MR) is 146 cm³/mol. The van der Waals surface area contributed by atoms with Crippen molar-refractivity contribution in [1.82, 2.24) is 0 Å². The highest BCUT2D eigenvalue weighted by molar-refractivity contribution is 5.87.